The maximum Gasteiger partial charge on any atom is 0.306 e. The van der Waals surface area contributed by atoms with Crippen molar-refractivity contribution >= 4 is 17.9 Å². The fourth-order valence-corrected chi connectivity index (χ4v) is 7.42. The third-order valence-electron chi connectivity index (χ3n) is 11.5. The van der Waals surface area contributed by atoms with Crippen LogP contribution in [0.5, 0.6) is 0 Å². The average molecular weight is 881 g/mol. The van der Waals surface area contributed by atoms with Gasteiger partial charge in [0, 0.05) is 19.3 Å². The highest BCUT2D eigenvalue weighted by atomic mass is 16.6. The zero-order valence-electron chi connectivity index (χ0n) is 41.6. The molecule has 0 rings (SSSR count). The van der Waals surface area contributed by atoms with Gasteiger partial charge in [-0.15, -0.1) is 0 Å². The molecule has 0 aromatic rings. The minimum absolute atomic E-state index is 0.0861. The maximum absolute atomic E-state index is 12.8. The standard InChI is InChI=1S/C57H100O6/c1-4-7-10-13-16-19-22-24-26-28-29-30-32-33-35-38-41-44-47-50-56(59)62-53-54(52-61-55(58)49-46-43-40-37-21-18-15-12-9-6-3)63-57(60)51-48-45-42-39-36-34-31-27-25-23-20-17-14-11-8-5-2/h16,19,24,26-27,29-31,33,35,54H,4-15,17-18,20-23,25,28,32,34,36-53H2,1-3H3/b19-16-,26-24-,30-29-,31-27-,35-33-/t54-/m1/s1. The Labute approximate surface area is 390 Å². The number of unbranched alkanes of at least 4 members (excludes halogenated alkanes) is 27. The van der Waals surface area contributed by atoms with Crippen LogP contribution in [-0.4, -0.2) is 37.2 Å². The first-order chi connectivity index (χ1) is 31.0. The van der Waals surface area contributed by atoms with Crippen molar-refractivity contribution in [1.82, 2.24) is 0 Å². The van der Waals surface area contributed by atoms with Crippen molar-refractivity contribution in [2.75, 3.05) is 13.2 Å². The van der Waals surface area contributed by atoms with Gasteiger partial charge < -0.3 is 14.2 Å². The predicted octanol–water partition coefficient (Wildman–Crippen LogP) is 17.6. The fourth-order valence-electron chi connectivity index (χ4n) is 7.42. The molecule has 0 aliphatic heterocycles. The highest BCUT2D eigenvalue weighted by Gasteiger charge is 2.19. The zero-order chi connectivity index (χ0) is 45.8. The molecule has 0 aromatic carbocycles. The van der Waals surface area contributed by atoms with Crippen LogP contribution >= 0.6 is 0 Å². The van der Waals surface area contributed by atoms with Crippen LogP contribution in [-0.2, 0) is 28.6 Å². The van der Waals surface area contributed by atoms with E-state index < -0.39 is 6.10 Å². The lowest BCUT2D eigenvalue weighted by molar-refractivity contribution is -0.167. The van der Waals surface area contributed by atoms with Crippen LogP contribution < -0.4 is 0 Å². The van der Waals surface area contributed by atoms with Gasteiger partial charge in [0.2, 0.25) is 0 Å². The Morgan fingerprint density at radius 2 is 0.571 bits per heavy atom. The summed E-state index contributed by atoms with van der Waals surface area (Å²) >= 11 is 0. The van der Waals surface area contributed by atoms with Gasteiger partial charge in [-0.25, -0.2) is 0 Å². The summed E-state index contributed by atoms with van der Waals surface area (Å²) in [4.78, 5) is 38.0. The third-order valence-corrected chi connectivity index (χ3v) is 11.5. The van der Waals surface area contributed by atoms with Gasteiger partial charge in [0.15, 0.2) is 6.10 Å². The van der Waals surface area contributed by atoms with Gasteiger partial charge in [-0.2, -0.15) is 0 Å². The second-order valence-electron chi connectivity index (χ2n) is 17.8. The molecule has 0 amide bonds. The fraction of sp³-hybridized carbons (Fsp3) is 0.772. The monoisotopic (exact) mass is 881 g/mol. The number of carbonyl (C=O) groups is 3. The lowest BCUT2D eigenvalue weighted by Crippen LogP contribution is -2.30. The molecule has 0 unspecified atom stereocenters. The number of rotatable bonds is 48. The molecule has 0 heterocycles. The smallest absolute Gasteiger partial charge is 0.306 e. The molecule has 364 valence electrons. The molecule has 1 atom stereocenters. The molecule has 0 bridgehead atoms. The molecule has 0 aliphatic carbocycles. The van der Waals surface area contributed by atoms with Crippen molar-refractivity contribution in [3.8, 4) is 0 Å². The van der Waals surface area contributed by atoms with E-state index in [2.05, 4.69) is 81.5 Å². The summed E-state index contributed by atoms with van der Waals surface area (Å²) in [6, 6.07) is 0. The number of ether oxygens (including phenoxy) is 3. The van der Waals surface area contributed by atoms with Crippen LogP contribution in [0.2, 0.25) is 0 Å². The Morgan fingerprint density at radius 1 is 0.317 bits per heavy atom. The molecular formula is C57H100O6. The van der Waals surface area contributed by atoms with Gasteiger partial charge in [0.05, 0.1) is 0 Å². The zero-order valence-corrected chi connectivity index (χ0v) is 41.6. The summed E-state index contributed by atoms with van der Waals surface area (Å²) in [7, 11) is 0. The van der Waals surface area contributed by atoms with E-state index in [9.17, 15) is 14.4 Å². The van der Waals surface area contributed by atoms with Gasteiger partial charge in [0.25, 0.3) is 0 Å². The predicted molar refractivity (Wildman–Crippen MR) is 270 cm³/mol. The van der Waals surface area contributed by atoms with Crippen molar-refractivity contribution in [1.29, 1.82) is 0 Å². The van der Waals surface area contributed by atoms with Gasteiger partial charge in [-0.3, -0.25) is 14.4 Å². The van der Waals surface area contributed by atoms with E-state index in [1.54, 1.807) is 0 Å². The van der Waals surface area contributed by atoms with E-state index in [1.165, 1.54) is 128 Å². The molecule has 0 aromatic heterocycles. The minimum Gasteiger partial charge on any atom is -0.462 e. The Hall–Kier alpha value is -2.89. The van der Waals surface area contributed by atoms with Crippen molar-refractivity contribution in [3.63, 3.8) is 0 Å². The van der Waals surface area contributed by atoms with E-state index >= 15 is 0 Å². The van der Waals surface area contributed by atoms with Crippen LogP contribution in [0.4, 0.5) is 0 Å². The normalized spacial score (nSPS) is 12.5. The van der Waals surface area contributed by atoms with Gasteiger partial charge in [-0.1, -0.05) is 216 Å². The van der Waals surface area contributed by atoms with Crippen molar-refractivity contribution in [2.45, 2.75) is 271 Å². The number of allylic oxidation sites excluding steroid dienone is 10. The maximum atomic E-state index is 12.8. The summed E-state index contributed by atoms with van der Waals surface area (Å²) in [5.41, 5.74) is 0. The van der Waals surface area contributed by atoms with Crippen LogP contribution in [0.15, 0.2) is 60.8 Å². The number of hydrogen-bond donors (Lipinski definition) is 0. The molecular weight excluding hydrogens is 781 g/mol. The molecule has 0 fully saturated rings. The lowest BCUT2D eigenvalue weighted by atomic mass is 10.1. The molecule has 6 heteroatoms. The topological polar surface area (TPSA) is 78.9 Å². The summed E-state index contributed by atoms with van der Waals surface area (Å²) in [5, 5.41) is 0. The summed E-state index contributed by atoms with van der Waals surface area (Å²) in [6.07, 6.45) is 63.5. The van der Waals surface area contributed by atoms with Crippen LogP contribution in [0.25, 0.3) is 0 Å². The van der Waals surface area contributed by atoms with E-state index in [0.29, 0.717) is 19.3 Å². The van der Waals surface area contributed by atoms with Crippen molar-refractivity contribution < 1.29 is 28.6 Å². The van der Waals surface area contributed by atoms with E-state index in [1.807, 2.05) is 0 Å². The van der Waals surface area contributed by atoms with E-state index in [4.69, 9.17) is 14.2 Å². The Kier molecular flexibility index (Phi) is 49.4. The molecule has 0 N–H and O–H groups in total. The molecule has 0 saturated heterocycles. The van der Waals surface area contributed by atoms with E-state index in [0.717, 1.165) is 96.3 Å². The van der Waals surface area contributed by atoms with Gasteiger partial charge in [0.1, 0.15) is 13.2 Å². The second-order valence-corrected chi connectivity index (χ2v) is 17.8. The first kappa shape index (κ1) is 60.1. The number of carbonyl (C=O) groups excluding carboxylic acids is 3. The molecule has 6 nitrogen and oxygen atoms in total. The largest absolute Gasteiger partial charge is 0.462 e. The summed E-state index contributed by atoms with van der Waals surface area (Å²) in [5.74, 6) is -0.922. The number of hydrogen-bond acceptors (Lipinski definition) is 6. The van der Waals surface area contributed by atoms with Crippen molar-refractivity contribution in [3.05, 3.63) is 60.8 Å². The quantitative estimate of drug-likeness (QED) is 0.0262. The highest BCUT2D eigenvalue weighted by Crippen LogP contribution is 2.14. The van der Waals surface area contributed by atoms with Crippen LogP contribution in [0.1, 0.15) is 265 Å². The Bertz CT molecular complexity index is 1150. The third kappa shape index (κ3) is 50.0. The van der Waals surface area contributed by atoms with E-state index in [-0.39, 0.29) is 31.1 Å². The summed E-state index contributed by atoms with van der Waals surface area (Å²) in [6.45, 7) is 6.57. The molecule has 0 saturated carbocycles. The van der Waals surface area contributed by atoms with Gasteiger partial charge >= 0.3 is 17.9 Å². The lowest BCUT2D eigenvalue weighted by Gasteiger charge is -2.18. The van der Waals surface area contributed by atoms with Crippen LogP contribution in [0, 0.1) is 0 Å². The summed E-state index contributed by atoms with van der Waals surface area (Å²) < 4.78 is 16.8. The first-order valence-corrected chi connectivity index (χ1v) is 26.8. The van der Waals surface area contributed by atoms with Gasteiger partial charge in [-0.05, 0) is 89.9 Å². The second kappa shape index (κ2) is 51.7. The van der Waals surface area contributed by atoms with Crippen molar-refractivity contribution in [2.24, 2.45) is 0 Å². The first-order valence-electron chi connectivity index (χ1n) is 26.8. The SMILES string of the molecule is CCCCC/C=C\C/C=C\C/C=C\C/C=C\CCCCCC(=O)OC[C@@H](COC(=O)CCCCCCCCCCCC)OC(=O)CCCCCCC/C=C\CCCCCCCCC. The number of esters is 3. The Balaban J connectivity index is 4.40. The molecule has 63 heavy (non-hydrogen) atoms. The molecule has 0 spiro atoms. The Morgan fingerprint density at radius 3 is 0.952 bits per heavy atom. The average Bonchev–Trinajstić information content (AvgIpc) is 3.28. The highest BCUT2D eigenvalue weighted by molar-refractivity contribution is 5.71. The molecule has 0 radical (unpaired) electrons. The minimum atomic E-state index is -0.788. The van der Waals surface area contributed by atoms with Crippen LogP contribution in [0.3, 0.4) is 0 Å². The molecule has 0 aliphatic rings.